The Balaban J connectivity index is 1.35. The highest BCUT2D eigenvalue weighted by Gasteiger charge is 2.18. The van der Waals surface area contributed by atoms with Crippen molar-refractivity contribution >= 4 is 5.69 Å². The Kier molecular flexibility index (Phi) is 5.01. The van der Waals surface area contributed by atoms with E-state index in [0.717, 1.165) is 41.4 Å². The predicted molar refractivity (Wildman–Crippen MR) is 115 cm³/mol. The Labute approximate surface area is 175 Å². The molecule has 1 aliphatic heterocycles. The Bertz CT molecular complexity index is 1130. The van der Waals surface area contributed by atoms with Crippen LogP contribution in [0.15, 0.2) is 59.0 Å². The van der Waals surface area contributed by atoms with Crippen molar-refractivity contribution in [3.8, 4) is 22.8 Å². The maximum absolute atomic E-state index is 5.88. The molecular formula is C23H24N6O. The van der Waals surface area contributed by atoms with Crippen LogP contribution in [0, 0.1) is 0 Å². The van der Waals surface area contributed by atoms with Crippen molar-refractivity contribution < 1.29 is 4.42 Å². The average Bonchev–Trinajstić information content (AvgIpc) is 3.37. The zero-order chi connectivity index (χ0) is 20.3. The van der Waals surface area contributed by atoms with Crippen LogP contribution in [0.2, 0.25) is 0 Å². The van der Waals surface area contributed by atoms with E-state index >= 15 is 0 Å². The number of anilines is 1. The van der Waals surface area contributed by atoms with Crippen molar-refractivity contribution in [2.24, 2.45) is 0 Å². The Morgan fingerprint density at radius 1 is 0.900 bits per heavy atom. The van der Waals surface area contributed by atoms with E-state index in [4.69, 9.17) is 4.42 Å². The second-order valence-electron chi connectivity index (χ2n) is 7.66. The first-order valence-electron chi connectivity index (χ1n) is 10.5. The van der Waals surface area contributed by atoms with Crippen LogP contribution in [0.5, 0.6) is 0 Å². The minimum absolute atomic E-state index is 0.124. The van der Waals surface area contributed by atoms with E-state index in [2.05, 4.69) is 42.4 Å². The number of nitrogens with zero attached hydrogens (tertiary/aromatic N) is 5. The summed E-state index contributed by atoms with van der Waals surface area (Å²) in [7, 11) is 0. The molecular weight excluding hydrogens is 376 g/mol. The Hall–Kier alpha value is -3.48. The molecule has 0 fully saturated rings. The van der Waals surface area contributed by atoms with Gasteiger partial charge in [-0.25, -0.2) is 0 Å². The van der Waals surface area contributed by atoms with Crippen molar-refractivity contribution in [1.29, 1.82) is 0 Å². The lowest BCUT2D eigenvalue weighted by atomic mass is 10.1. The van der Waals surface area contributed by atoms with Crippen molar-refractivity contribution in [2.45, 2.75) is 45.2 Å². The Morgan fingerprint density at radius 3 is 2.67 bits per heavy atom. The molecule has 1 atom stereocenters. The van der Waals surface area contributed by atoms with Gasteiger partial charge in [0, 0.05) is 29.8 Å². The van der Waals surface area contributed by atoms with Crippen LogP contribution in [0.4, 0.5) is 5.69 Å². The third kappa shape index (κ3) is 3.70. The topological polar surface area (TPSA) is 81.7 Å². The summed E-state index contributed by atoms with van der Waals surface area (Å²) in [5.74, 6) is 3.11. The van der Waals surface area contributed by atoms with Crippen LogP contribution < -0.4 is 5.32 Å². The fourth-order valence-electron chi connectivity index (χ4n) is 3.87. The number of nitrogens with one attached hydrogen (secondary N) is 1. The molecule has 1 unspecified atom stereocenters. The van der Waals surface area contributed by atoms with Crippen LogP contribution >= 0.6 is 0 Å². The van der Waals surface area contributed by atoms with Crippen LogP contribution in [-0.4, -0.2) is 25.0 Å². The van der Waals surface area contributed by atoms with E-state index in [0.29, 0.717) is 11.8 Å². The van der Waals surface area contributed by atoms with Gasteiger partial charge in [0.05, 0.1) is 0 Å². The molecule has 7 heteroatoms. The predicted octanol–water partition coefficient (Wildman–Crippen LogP) is 4.89. The normalized spacial score (nSPS) is 14.7. The number of rotatable bonds is 5. The standard InChI is InChI=1S/C23H24N6O/c1-16(22-27-28-23(30-22)17-9-4-2-5-10-17)24-19-12-8-11-18(15-19)21-26-25-20-13-6-3-7-14-29(20)21/h2,4-5,8-12,15-16,24H,3,6-7,13-14H2,1H3. The number of benzene rings is 2. The lowest BCUT2D eigenvalue weighted by Gasteiger charge is -2.13. The molecule has 7 nitrogen and oxygen atoms in total. The summed E-state index contributed by atoms with van der Waals surface area (Å²) in [5, 5.41) is 20.8. The zero-order valence-electron chi connectivity index (χ0n) is 17.0. The number of hydrogen-bond acceptors (Lipinski definition) is 6. The quantitative estimate of drug-likeness (QED) is 0.513. The van der Waals surface area contributed by atoms with Crippen LogP contribution in [0.1, 0.15) is 43.9 Å². The number of fused-ring (bicyclic) bond motifs is 1. The number of aromatic nitrogens is 5. The monoisotopic (exact) mass is 400 g/mol. The molecule has 0 saturated carbocycles. The molecule has 4 aromatic rings. The molecule has 3 heterocycles. The van der Waals surface area contributed by atoms with Crippen LogP contribution in [0.3, 0.4) is 0 Å². The van der Waals surface area contributed by atoms with Gasteiger partial charge in [0.1, 0.15) is 11.9 Å². The van der Waals surface area contributed by atoms with Gasteiger partial charge >= 0.3 is 0 Å². The van der Waals surface area contributed by atoms with Gasteiger partial charge in [-0.15, -0.1) is 20.4 Å². The largest absolute Gasteiger partial charge is 0.418 e. The van der Waals surface area contributed by atoms with Gasteiger partial charge in [-0.3, -0.25) is 0 Å². The first kappa shape index (κ1) is 18.5. The third-order valence-electron chi connectivity index (χ3n) is 5.45. The minimum atomic E-state index is -0.124. The van der Waals surface area contributed by atoms with Gasteiger partial charge in [0.15, 0.2) is 5.82 Å². The molecule has 0 amide bonds. The SMILES string of the molecule is CC(Nc1cccc(-c2nnc3n2CCCCC3)c1)c1nnc(-c2ccccc2)o1. The van der Waals surface area contributed by atoms with E-state index in [1.807, 2.05) is 49.4 Å². The summed E-state index contributed by atoms with van der Waals surface area (Å²) >= 11 is 0. The highest BCUT2D eigenvalue weighted by molar-refractivity contribution is 5.63. The van der Waals surface area contributed by atoms with Crippen LogP contribution in [0.25, 0.3) is 22.8 Å². The lowest BCUT2D eigenvalue weighted by Crippen LogP contribution is -2.07. The van der Waals surface area contributed by atoms with Crippen LogP contribution in [-0.2, 0) is 13.0 Å². The van der Waals surface area contributed by atoms with Gasteiger partial charge in [-0.1, -0.05) is 36.8 Å². The first-order valence-corrected chi connectivity index (χ1v) is 10.5. The van der Waals surface area contributed by atoms with Gasteiger partial charge in [-0.05, 0) is 44.0 Å². The summed E-state index contributed by atoms with van der Waals surface area (Å²) in [6.07, 6.45) is 4.61. The third-order valence-corrected chi connectivity index (χ3v) is 5.45. The molecule has 30 heavy (non-hydrogen) atoms. The maximum Gasteiger partial charge on any atom is 0.247 e. The molecule has 5 rings (SSSR count). The lowest BCUT2D eigenvalue weighted by molar-refractivity contribution is 0.485. The van der Waals surface area contributed by atoms with Gasteiger partial charge < -0.3 is 14.3 Å². The van der Waals surface area contributed by atoms with E-state index in [9.17, 15) is 0 Å². The van der Waals surface area contributed by atoms with E-state index in [1.54, 1.807) is 0 Å². The fraction of sp³-hybridized carbons (Fsp3) is 0.304. The second kappa shape index (κ2) is 8.10. The summed E-state index contributed by atoms with van der Waals surface area (Å²) in [6.45, 7) is 2.99. The van der Waals surface area contributed by atoms with E-state index in [1.165, 1.54) is 19.3 Å². The molecule has 2 aromatic carbocycles. The van der Waals surface area contributed by atoms with Crippen molar-refractivity contribution in [3.63, 3.8) is 0 Å². The smallest absolute Gasteiger partial charge is 0.247 e. The Morgan fingerprint density at radius 2 is 1.77 bits per heavy atom. The fourth-order valence-corrected chi connectivity index (χ4v) is 3.87. The number of hydrogen-bond donors (Lipinski definition) is 1. The minimum Gasteiger partial charge on any atom is -0.418 e. The van der Waals surface area contributed by atoms with Crippen molar-refractivity contribution in [1.82, 2.24) is 25.0 Å². The zero-order valence-corrected chi connectivity index (χ0v) is 17.0. The van der Waals surface area contributed by atoms with Crippen molar-refractivity contribution in [3.05, 3.63) is 66.3 Å². The molecule has 2 aromatic heterocycles. The molecule has 0 aliphatic carbocycles. The van der Waals surface area contributed by atoms with Crippen molar-refractivity contribution in [2.75, 3.05) is 5.32 Å². The molecule has 152 valence electrons. The summed E-state index contributed by atoms with van der Waals surface area (Å²) < 4.78 is 8.15. The van der Waals surface area contributed by atoms with Gasteiger partial charge in [0.25, 0.3) is 0 Å². The molecule has 1 N–H and O–H groups in total. The summed E-state index contributed by atoms with van der Waals surface area (Å²) in [4.78, 5) is 0. The van der Waals surface area contributed by atoms with Gasteiger partial charge in [0.2, 0.25) is 11.8 Å². The highest BCUT2D eigenvalue weighted by Crippen LogP contribution is 2.27. The number of aryl methyl sites for hydroxylation is 1. The summed E-state index contributed by atoms with van der Waals surface area (Å²) in [6, 6.07) is 17.9. The molecule has 1 aliphatic rings. The van der Waals surface area contributed by atoms with E-state index < -0.39 is 0 Å². The second-order valence-corrected chi connectivity index (χ2v) is 7.66. The molecule has 0 saturated heterocycles. The molecule has 0 radical (unpaired) electrons. The molecule has 0 bridgehead atoms. The molecule has 0 spiro atoms. The maximum atomic E-state index is 5.88. The van der Waals surface area contributed by atoms with Gasteiger partial charge in [-0.2, -0.15) is 0 Å². The first-order chi connectivity index (χ1) is 14.8. The highest BCUT2D eigenvalue weighted by atomic mass is 16.4. The van der Waals surface area contributed by atoms with E-state index in [-0.39, 0.29) is 6.04 Å². The average molecular weight is 400 g/mol. The summed E-state index contributed by atoms with van der Waals surface area (Å²) in [5.41, 5.74) is 2.95.